The highest BCUT2D eigenvalue weighted by atomic mass is 32.1. The Labute approximate surface area is 153 Å². The molecule has 2 N–H and O–H groups in total. The number of aromatic nitrogens is 1. The molecule has 2 amide bonds. The van der Waals surface area contributed by atoms with Gasteiger partial charge in [0.15, 0.2) is 5.13 Å². The van der Waals surface area contributed by atoms with Crippen LogP contribution in [0.4, 0.5) is 15.6 Å². The Hall–Kier alpha value is -2.12. The maximum absolute atomic E-state index is 12.3. The average Bonchev–Trinajstić information content (AvgIpc) is 2.93. The second kappa shape index (κ2) is 8.82. The number of anilines is 2. The van der Waals surface area contributed by atoms with Crippen LogP contribution in [0.2, 0.25) is 0 Å². The number of nitrogens with zero attached hydrogens (tertiary/aromatic N) is 2. The quantitative estimate of drug-likeness (QED) is 0.775. The predicted molar refractivity (Wildman–Crippen MR) is 104 cm³/mol. The second-order valence-corrected chi connectivity index (χ2v) is 7.52. The van der Waals surface area contributed by atoms with Crippen molar-refractivity contribution in [3.8, 4) is 5.75 Å². The third kappa shape index (κ3) is 6.36. The van der Waals surface area contributed by atoms with Gasteiger partial charge in [-0.1, -0.05) is 19.9 Å². The molecule has 0 fully saturated rings. The van der Waals surface area contributed by atoms with Crippen LogP contribution in [-0.2, 0) is 6.54 Å². The highest BCUT2D eigenvalue weighted by Gasteiger charge is 2.11. The molecule has 0 bridgehead atoms. The fourth-order valence-corrected chi connectivity index (χ4v) is 2.82. The van der Waals surface area contributed by atoms with E-state index in [-0.39, 0.29) is 6.03 Å². The van der Waals surface area contributed by atoms with E-state index in [0.29, 0.717) is 29.1 Å². The summed E-state index contributed by atoms with van der Waals surface area (Å²) in [6.45, 7) is 7.51. The normalized spacial score (nSPS) is 11.0. The number of nitrogens with one attached hydrogen (secondary N) is 2. The highest BCUT2D eigenvalue weighted by Crippen LogP contribution is 2.26. The van der Waals surface area contributed by atoms with Gasteiger partial charge in [-0.15, -0.1) is 11.3 Å². The van der Waals surface area contributed by atoms with Crippen LogP contribution in [0.1, 0.15) is 25.1 Å². The number of aryl methyl sites for hydroxylation is 1. The molecular formula is C18H26N4O2S. The maximum atomic E-state index is 12.3. The van der Waals surface area contributed by atoms with Gasteiger partial charge >= 0.3 is 6.03 Å². The minimum Gasteiger partial charge on any atom is -0.491 e. The molecular weight excluding hydrogens is 336 g/mol. The Morgan fingerprint density at radius 2 is 2.08 bits per heavy atom. The number of hydrogen-bond donors (Lipinski definition) is 2. The SMILES string of the molecule is Cc1ccc(NC(=O)Nc2nc(CN(C)C)cs2)c(OCC(C)C)c1. The van der Waals surface area contributed by atoms with Gasteiger partial charge in [-0.25, -0.2) is 9.78 Å². The molecule has 0 saturated heterocycles. The van der Waals surface area contributed by atoms with Gasteiger partial charge in [0, 0.05) is 11.9 Å². The van der Waals surface area contributed by atoms with Crippen molar-refractivity contribution < 1.29 is 9.53 Å². The highest BCUT2D eigenvalue weighted by molar-refractivity contribution is 7.13. The zero-order chi connectivity index (χ0) is 18.4. The van der Waals surface area contributed by atoms with Crippen molar-refractivity contribution in [1.82, 2.24) is 9.88 Å². The van der Waals surface area contributed by atoms with Crippen molar-refractivity contribution in [1.29, 1.82) is 0 Å². The molecule has 0 spiro atoms. The first kappa shape index (κ1) is 19.2. The molecule has 0 radical (unpaired) electrons. The lowest BCUT2D eigenvalue weighted by atomic mass is 10.2. The number of benzene rings is 1. The molecule has 0 aliphatic rings. The topological polar surface area (TPSA) is 66.5 Å². The molecule has 1 aromatic carbocycles. The van der Waals surface area contributed by atoms with Gasteiger partial charge in [-0.2, -0.15) is 0 Å². The molecule has 6 nitrogen and oxygen atoms in total. The zero-order valence-corrected chi connectivity index (χ0v) is 16.2. The predicted octanol–water partition coefficient (Wildman–Crippen LogP) is 4.19. The number of hydrogen-bond acceptors (Lipinski definition) is 5. The lowest BCUT2D eigenvalue weighted by molar-refractivity contribution is 0.260. The number of carbonyl (C=O) groups excluding carboxylic acids is 1. The number of thiazole rings is 1. The Morgan fingerprint density at radius 3 is 2.76 bits per heavy atom. The van der Waals surface area contributed by atoms with E-state index in [1.165, 1.54) is 11.3 Å². The molecule has 2 rings (SSSR count). The van der Waals surface area contributed by atoms with Crippen molar-refractivity contribution in [2.45, 2.75) is 27.3 Å². The molecule has 0 atom stereocenters. The number of ether oxygens (including phenoxy) is 1. The summed E-state index contributed by atoms with van der Waals surface area (Å²) in [6, 6.07) is 5.39. The smallest absolute Gasteiger partial charge is 0.325 e. The average molecular weight is 362 g/mol. The molecule has 25 heavy (non-hydrogen) atoms. The van der Waals surface area contributed by atoms with E-state index in [2.05, 4.69) is 29.5 Å². The van der Waals surface area contributed by atoms with E-state index in [0.717, 1.165) is 17.8 Å². The van der Waals surface area contributed by atoms with Crippen LogP contribution in [-0.4, -0.2) is 36.6 Å². The lowest BCUT2D eigenvalue weighted by Crippen LogP contribution is -2.20. The van der Waals surface area contributed by atoms with E-state index in [9.17, 15) is 4.79 Å². The first-order chi connectivity index (χ1) is 11.8. The van der Waals surface area contributed by atoms with E-state index < -0.39 is 0 Å². The summed E-state index contributed by atoms with van der Waals surface area (Å²) < 4.78 is 5.82. The van der Waals surface area contributed by atoms with Crippen LogP contribution in [0.25, 0.3) is 0 Å². The molecule has 2 aromatic rings. The fourth-order valence-electron chi connectivity index (χ4n) is 2.12. The fraction of sp³-hybridized carbons (Fsp3) is 0.444. The molecule has 7 heteroatoms. The number of urea groups is 1. The second-order valence-electron chi connectivity index (χ2n) is 6.67. The number of carbonyl (C=O) groups is 1. The first-order valence-corrected chi connectivity index (χ1v) is 9.12. The Bertz CT molecular complexity index is 713. The molecule has 1 heterocycles. The Kier molecular flexibility index (Phi) is 6.78. The molecule has 0 unspecified atom stereocenters. The molecule has 1 aromatic heterocycles. The number of rotatable bonds is 7. The molecule has 0 aliphatic heterocycles. The van der Waals surface area contributed by atoms with Gasteiger partial charge in [-0.05, 0) is 44.6 Å². The summed E-state index contributed by atoms with van der Waals surface area (Å²) in [4.78, 5) is 18.7. The van der Waals surface area contributed by atoms with Crippen molar-refractivity contribution in [3.05, 3.63) is 34.8 Å². The van der Waals surface area contributed by atoms with Gasteiger partial charge in [0.25, 0.3) is 0 Å². The van der Waals surface area contributed by atoms with Gasteiger partial charge in [0.2, 0.25) is 0 Å². The van der Waals surface area contributed by atoms with Crippen LogP contribution in [0.5, 0.6) is 5.75 Å². The molecule has 0 aliphatic carbocycles. The summed E-state index contributed by atoms with van der Waals surface area (Å²) >= 11 is 1.41. The minimum absolute atomic E-state index is 0.330. The van der Waals surface area contributed by atoms with Crippen LogP contribution in [0.3, 0.4) is 0 Å². The van der Waals surface area contributed by atoms with Crippen LogP contribution < -0.4 is 15.4 Å². The van der Waals surface area contributed by atoms with Gasteiger partial charge in [-0.3, -0.25) is 5.32 Å². The van der Waals surface area contributed by atoms with Gasteiger partial charge < -0.3 is 15.0 Å². The van der Waals surface area contributed by atoms with Crippen molar-refractivity contribution in [2.75, 3.05) is 31.3 Å². The maximum Gasteiger partial charge on any atom is 0.325 e. The van der Waals surface area contributed by atoms with E-state index >= 15 is 0 Å². The lowest BCUT2D eigenvalue weighted by Gasteiger charge is -2.14. The van der Waals surface area contributed by atoms with E-state index in [1.54, 1.807) is 0 Å². The van der Waals surface area contributed by atoms with E-state index in [1.807, 2.05) is 49.5 Å². The summed E-state index contributed by atoms with van der Waals surface area (Å²) in [5, 5.41) is 8.13. The molecule has 0 saturated carbocycles. The summed E-state index contributed by atoms with van der Waals surface area (Å²) in [5.41, 5.74) is 2.66. The Balaban J connectivity index is 2.01. The third-order valence-corrected chi connectivity index (χ3v) is 4.01. The zero-order valence-electron chi connectivity index (χ0n) is 15.4. The number of amides is 2. The minimum atomic E-state index is -0.330. The summed E-state index contributed by atoms with van der Waals surface area (Å²) in [6.07, 6.45) is 0. The standard InChI is InChI=1S/C18H26N4O2S/c1-12(2)10-24-16-8-13(3)6-7-15(16)20-17(23)21-18-19-14(11-25-18)9-22(4)5/h6-8,11-12H,9-10H2,1-5H3,(H2,19,20,21,23). The third-order valence-electron chi connectivity index (χ3n) is 3.21. The summed E-state index contributed by atoms with van der Waals surface area (Å²) in [7, 11) is 3.96. The van der Waals surface area contributed by atoms with Crippen LogP contribution in [0, 0.1) is 12.8 Å². The largest absolute Gasteiger partial charge is 0.491 e. The van der Waals surface area contributed by atoms with Gasteiger partial charge in [0.1, 0.15) is 5.75 Å². The van der Waals surface area contributed by atoms with Crippen molar-refractivity contribution in [2.24, 2.45) is 5.92 Å². The van der Waals surface area contributed by atoms with E-state index in [4.69, 9.17) is 4.74 Å². The van der Waals surface area contributed by atoms with Gasteiger partial charge in [0.05, 0.1) is 18.0 Å². The first-order valence-electron chi connectivity index (χ1n) is 8.24. The molecule has 136 valence electrons. The van der Waals surface area contributed by atoms with Crippen LogP contribution in [0.15, 0.2) is 23.6 Å². The summed E-state index contributed by atoms with van der Waals surface area (Å²) in [5.74, 6) is 1.09. The van der Waals surface area contributed by atoms with Crippen LogP contribution >= 0.6 is 11.3 Å². The van der Waals surface area contributed by atoms with Crippen molar-refractivity contribution >= 4 is 28.2 Å². The Morgan fingerprint density at radius 1 is 1.32 bits per heavy atom. The van der Waals surface area contributed by atoms with Crippen molar-refractivity contribution in [3.63, 3.8) is 0 Å². The monoisotopic (exact) mass is 362 g/mol.